The molecule has 0 saturated heterocycles. The summed E-state index contributed by atoms with van der Waals surface area (Å²) >= 11 is 3.38. The summed E-state index contributed by atoms with van der Waals surface area (Å²) in [5, 5.41) is 2.95. The molecule has 0 saturated carbocycles. The summed E-state index contributed by atoms with van der Waals surface area (Å²) in [6.45, 7) is 0. The second-order valence-electron chi connectivity index (χ2n) is 4.38. The SMILES string of the molecule is CNc1cccc2c1C(=O)N(c1ccccc1Br)C2=O. The van der Waals surface area contributed by atoms with Gasteiger partial charge in [0.2, 0.25) is 0 Å². The monoisotopic (exact) mass is 330 g/mol. The first-order valence-electron chi connectivity index (χ1n) is 6.09. The minimum atomic E-state index is -0.304. The number of carbonyl (C=O) groups excluding carboxylic acids is 2. The molecule has 0 spiro atoms. The number of hydrogen-bond donors (Lipinski definition) is 1. The van der Waals surface area contributed by atoms with Gasteiger partial charge in [0, 0.05) is 17.2 Å². The average molecular weight is 331 g/mol. The van der Waals surface area contributed by atoms with E-state index in [2.05, 4.69) is 21.2 Å². The lowest BCUT2D eigenvalue weighted by atomic mass is 10.1. The van der Waals surface area contributed by atoms with E-state index in [9.17, 15) is 9.59 Å². The van der Waals surface area contributed by atoms with Crippen LogP contribution in [0.15, 0.2) is 46.9 Å². The number of rotatable bonds is 2. The topological polar surface area (TPSA) is 49.4 Å². The van der Waals surface area contributed by atoms with Crippen molar-refractivity contribution in [1.82, 2.24) is 0 Å². The second-order valence-corrected chi connectivity index (χ2v) is 5.23. The predicted octanol–water partition coefficient (Wildman–Crippen LogP) is 3.29. The summed E-state index contributed by atoms with van der Waals surface area (Å²) < 4.78 is 0.709. The summed E-state index contributed by atoms with van der Waals surface area (Å²) in [5.41, 5.74) is 2.07. The van der Waals surface area contributed by atoms with Gasteiger partial charge in [-0.3, -0.25) is 9.59 Å². The Bertz CT molecular complexity index is 728. The van der Waals surface area contributed by atoms with Crippen LogP contribution in [0.25, 0.3) is 0 Å². The molecule has 3 rings (SSSR count). The van der Waals surface area contributed by atoms with Crippen molar-refractivity contribution in [1.29, 1.82) is 0 Å². The molecular weight excluding hydrogens is 320 g/mol. The number of fused-ring (bicyclic) bond motifs is 1. The molecule has 1 aliphatic heterocycles. The third-order valence-electron chi connectivity index (χ3n) is 3.28. The van der Waals surface area contributed by atoms with Crippen LogP contribution in [0.2, 0.25) is 0 Å². The number of benzene rings is 2. The van der Waals surface area contributed by atoms with Gasteiger partial charge >= 0.3 is 0 Å². The van der Waals surface area contributed by atoms with Crippen LogP contribution in [-0.4, -0.2) is 18.9 Å². The van der Waals surface area contributed by atoms with Crippen LogP contribution in [0.3, 0.4) is 0 Å². The van der Waals surface area contributed by atoms with E-state index in [0.717, 1.165) is 0 Å². The fraction of sp³-hybridized carbons (Fsp3) is 0.0667. The minimum Gasteiger partial charge on any atom is -0.387 e. The molecule has 4 nitrogen and oxygen atoms in total. The van der Waals surface area contributed by atoms with Gasteiger partial charge in [-0.15, -0.1) is 0 Å². The molecule has 0 aromatic heterocycles. The fourth-order valence-electron chi connectivity index (χ4n) is 2.35. The van der Waals surface area contributed by atoms with E-state index in [1.807, 2.05) is 6.07 Å². The summed E-state index contributed by atoms with van der Waals surface area (Å²) in [6, 6.07) is 12.4. The van der Waals surface area contributed by atoms with E-state index in [0.29, 0.717) is 27.0 Å². The number of nitrogens with one attached hydrogen (secondary N) is 1. The highest BCUT2D eigenvalue weighted by Crippen LogP contribution is 2.35. The molecule has 5 heteroatoms. The molecule has 2 aromatic carbocycles. The molecule has 0 unspecified atom stereocenters. The van der Waals surface area contributed by atoms with Crippen molar-refractivity contribution in [3.8, 4) is 0 Å². The summed E-state index contributed by atoms with van der Waals surface area (Å²) in [5.74, 6) is -0.601. The Hall–Kier alpha value is -2.14. The van der Waals surface area contributed by atoms with Gasteiger partial charge < -0.3 is 5.32 Å². The van der Waals surface area contributed by atoms with E-state index in [4.69, 9.17) is 0 Å². The van der Waals surface area contributed by atoms with Crippen molar-refractivity contribution in [3.63, 3.8) is 0 Å². The Morgan fingerprint density at radius 2 is 1.75 bits per heavy atom. The van der Waals surface area contributed by atoms with Crippen molar-refractivity contribution < 1.29 is 9.59 Å². The Morgan fingerprint density at radius 3 is 2.45 bits per heavy atom. The molecule has 0 atom stereocenters. The molecule has 1 aliphatic rings. The first-order chi connectivity index (χ1) is 9.65. The number of halogens is 1. The third kappa shape index (κ3) is 1.74. The Kier molecular flexibility index (Phi) is 3.06. The first kappa shape index (κ1) is 12.9. The van der Waals surface area contributed by atoms with Crippen LogP contribution >= 0.6 is 15.9 Å². The highest BCUT2D eigenvalue weighted by atomic mass is 79.9. The summed E-state index contributed by atoms with van der Waals surface area (Å²) in [7, 11) is 1.73. The molecule has 0 bridgehead atoms. The number of nitrogens with zero attached hydrogens (tertiary/aromatic N) is 1. The van der Waals surface area contributed by atoms with Gasteiger partial charge in [0.1, 0.15) is 0 Å². The molecule has 2 aromatic rings. The van der Waals surface area contributed by atoms with Crippen molar-refractivity contribution in [2.45, 2.75) is 0 Å². The highest BCUT2D eigenvalue weighted by molar-refractivity contribution is 9.10. The van der Waals surface area contributed by atoms with Gasteiger partial charge in [-0.1, -0.05) is 18.2 Å². The fourth-order valence-corrected chi connectivity index (χ4v) is 2.81. The van der Waals surface area contributed by atoms with Gasteiger partial charge in [0.25, 0.3) is 11.8 Å². The van der Waals surface area contributed by atoms with E-state index in [-0.39, 0.29) is 11.8 Å². The van der Waals surface area contributed by atoms with Gasteiger partial charge in [0.15, 0.2) is 0 Å². The predicted molar refractivity (Wildman–Crippen MR) is 81.3 cm³/mol. The van der Waals surface area contributed by atoms with Crippen molar-refractivity contribution in [3.05, 3.63) is 58.1 Å². The molecule has 100 valence electrons. The van der Waals surface area contributed by atoms with Crippen LogP contribution in [0.5, 0.6) is 0 Å². The maximum absolute atomic E-state index is 12.6. The minimum absolute atomic E-state index is 0.297. The lowest BCUT2D eigenvalue weighted by molar-refractivity contribution is 0.0926. The van der Waals surface area contributed by atoms with Crippen LogP contribution in [0.1, 0.15) is 20.7 Å². The van der Waals surface area contributed by atoms with Crippen molar-refractivity contribution in [2.75, 3.05) is 17.3 Å². The van der Waals surface area contributed by atoms with E-state index in [1.165, 1.54) is 4.90 Å². The van der Waals surface area contributed by atoms with E-state index in [1.54, 1.807) is 43.4 Å². The third-order valence-corrected chi connectivity index (χ3v) is 3.95. The molecule has 0 radical (unpaired) electrons. The normalized spacial score (nSPS) is 13.6. The van der Waals surface area contributed by atoms with Gasteiger partial charge in [0.05, 0.1) is 16.8 Å². The van der Waals surface area contributed by atoms with Gasteiger partial charge in [-0.05, 0) is 40.2 Å². The van der Waals surface area contributed by atoms with Crippen LogP contribution in [0.4, 0.5) is 11.4 Å². The molecule has 0 fully saturated rings. The number of para-hydroxylation sites is 1. The number of anilines is 2. The van der Waals surface area contributed by atoms with Crippen molar-refractivity contribution in [2.24, 2.45) is 0 Å². The Morgan fingerprint density at radius 1 is 1.00 bits per heavy atom. The van der Waals surface area contributed by atoms with Gasteiger partial charge in [-0.2, -0.15) is 0 Å². The smallest absolute Gasteiger partial charge is 0.268 e. The zero-order valence-electron chi connectivity index (χ0n) is 10.7. The van der Waals surface area contributed by atoms with Crippen LogP contribution in [0, 0.1) is 0 Å². The molecule has 1 N–H and O–H groups in total. The summed E-state index contributed by atoms with van der Waals surface area (Å²) in [6.07, 6.45) is 0. The summed E-state index contributed by atoms with van der Waals surface area (Å²) in [4.78, 5) is 26.3. The second kappa shape index (κ2) is 4.76. The maximum Gasteiger partial charge on any atom is 0.268 e. The Balaban J connectivity index is 2.18. The molecule has 2 amide bonds. The number of amides is 2. The zero-order chi connectivity index (χ0) is 14.3. The molecule has 1 heterocycles. The zero-order valence-corrected chi connectivity index (χ0v) is 12.3. The van der Waals surface area contributed by atoms with Crippen LogP contribution in [-0.2, 0) is 0 Å². The van der Waals surface area contributed by atoms with Crippen LogP contribution < -0.4 is 10.2 Å². The van der Waals surface area contributed by atoms with Crippen molar-refractivity contribution >= 4 is 39.1 Å². The largest absolute Gasteiger partial charge is 0.387 e. The maximum atomic E-state index is 12.6. The molecule has 20 heavy (non-hydrogen) atoms. The number of imide groups is 1. The lowest BCUT2D eigenvalue weighted by Gasteiger charge is -2.15. The average Bonchev–Trinajstić information content (AvgIpc) is 2.72. The van der Waals surface area contributed by atoms with E-state index < -0.39 is 0 Å². The number of hydrogen-bond acceptors (Lipinski definition) is 3. The standard InChI is InChI=1S/C15H11BrN2O2/c1-17-11-7-4-5-9-13(11)15(20)18(14(9)19)12-8-3-2-6-10(12)16/h2-8,17H,1H3. The quantitative estimate of drug-likeness (QED) is 0.859. The number of carbonyl (C=O) groups is 2. The molecular formula is C15H11BrN2O2. The van der Waals surface area contributed by atoms with Gasteiger partial charge in [-0.25, -0.2) is 4.90 Å². The lowest BCUT2D eigenvalue weighted by Crippen LogP contribution is -2.29. The first-order valence-corrected chi connectivity index (χ1v) is 6.88. The highest BCUT2D eigenvalue weighted by Gasteiger charge is 2.38. The van der Waals surface area contributed by atoms with E-state index >= 15 is 0 Å². The molecule has 0 aliphatic carbocycles. The Labute approximate surface area is 124 Å².